The number of hydrogen-bond donors (Lipinski definition) is 1. The average molecular weight is 259 g/mol. The standard InChI is InChI=1S/C12H12F3NO2/c13-12(14,15)18-10-3-1-2-9(6-10)11(17)16-7-8-4-5-8/h1-3,6,8H,4-5,7H2,(H,16,17). The topological polar surface area (TPSA) is 38.3 Å². The van der Waals surface area contributed by atoms with Crippen molar-refractivity contribution in [3.05, 3.63) is 29.8 Å². The Labute approximate surface area is 102 Å². The molecule has 18 heavy (non-hydrogen) atoms. The normalized spacial score (nSPS) is 15.3. The zero-order chi connectivity index (χ0) is 13.2. The van der Waals surface area contributed by atoms with E-state index < -0.39 is 6.36 Å². The van der Waals surface area contributed by atoms with Crippen molar-refractivity contribution in [2.24, 2.45) is 5.92 Å². The first-order valence-corrected chi connectivity index (χ1v) is 5.58. The van der Waals surface area contributed by atoms with Gasteiger partial charge in [0.05, 0.1) is 0 Å². The molecule has 0 aliphatic heterocycles. The summed E-state index contributed by atoms with van der Waals surface area (Å²) in [6, 6.07) is 5.04. The number of hydrogen-bond acceptors (Lipinski definition) is 2. The summed E-state index contributed by atoms with van der Waals surface area (Å²) in [6.07, 6.45) is -2.56. The average Bonchev–Trinajstić information content (AvgIpc) is 3.07. The van der Waals surface area contributed by atoms with E-state index in [2.05, 4.69) is 10.1 Å². The van der Waals surface area contributed by atoms with E-state index in [-0.39, 0.29) is 17.2 Å². The Morgan fingerprint density at radius 1 is 1.39 bits per heavy atom. The molecule has 0 unspecified atom stereocenters. The lowest BCUT2D eigenvalue weighted by atomic mass is 10.2. The molecule has 1 N–H and O–H groups in total. The second-order valence-electron chi connectivity index (χ2n) is 4.23. The Kier molecular flexibility index (Phi) is 3.45. The number of benzene rings is 1. The Balaban J connectivity index is 1.98. The lowest BCUT2D eigenvalue weighted by Gasteiger charge is -2.10. The summed E-state index contributed by atoms with van der Waals surface area (Å²) in [5, 5.41) is 2.68. The lowest BCUT2D eigenvalue weighted by molar-refractivity contribution is -0.274. The molecule has 3 nitrogen and oxygen atoms in total. The van der Waals surface area contributed by atoms with Crippen LogP contribution in [-0.4, -0.2) is 18.8 Å². The lowest BCUT2D eigenvalue weighted by Crippen LogP contribution is -2.25. The number of carbonyl (C=O) groups is 1. The predicted octanol–water partition coefficient (Wildman–Crippen LogP) is 2.73. The molecular formula is C12H12F3NO2. The molecule has 2 rings (SSSR count). The highest BCUT2D eigenvalue weighted by Gasteiger charge is 2.31. The quantitative estimate of drug-likeness (QED) is 0.902. The smallest absolute Gasteiger partial charge is 0.406 e. The van der Waals surface area contributed by atoms with Gasteiger partial charge in [-0.3, -0.25) is 4.79 Å². The van der Waals surface area contributed by atoms with Crippen LogP contribution in [0.1, 0.15) is 23.2 Å². The van der Waals surface area contributed by atoms with Crippen LogP contribution >= 0.6 is 0 Å². The van der Waals surface area contributed by atoms with Gasteiger partial charge < -0.3 is 10.1 Å². The van der Waals surface area contributed by atoms with Crippen LogP contribution in [0.25, 0.3) is 0 Å². The number of nitrogens with one attached hydrogen (secondary N) is 1. The van der Waals surface area contributed by atoms with E-state index in [0.717, 1.165) is 25.0 Å². The van der Waals surface area contributed by atoms with Crippen molar-refractivity contribution in [2.75, 3.05) is 6.54 Å². The fourth-order valence-corrected chi connectivity index (χ4v) is 1.50. The molecule has 0 aromatic heterocycles. The van der Waals surface area contributed by atoms with E-state index in [4.69, 9.17) is 0 Å². The van der Waals surface area contributed by atoms with Crippen LogP contribution in [0.4, 0.5) is 13.2 Å². The highest BCUT2D eigenvalue weighted by atomic mass is 19.4. The number of alkyl halides is 3. The minimum atomic E-state index is -4.75. The second-order valence-corrected chi connectivity index (χ2v) is 4.23. The van der Waals surface area contributed by atoms with Gasteiger partial charge in [-0.15, -0.1) is 13.2 Å². The first-order chi connectivity index (χ1) is 8.44. The summed E-state index contributed by atoms with van der Waals surface area (Å²) in [5.41, 5.74) is 0.164. The summed E-state index contributed by atoms with van der Waals surface area (Å²) in [6.45, 7) is 0.573. The highest BCUT2D eigenvalue weighted by molar-refractivity contribution is 5.94. The van der Waals surface area contributed by atoms with Crippen LogP contribution in [0.15, 0.2) is 24.3 Å². The van der Waals surface area contributed by atoms with E-state index >= 15 is 0 Å². The molecule has 1 saturated carbocycles. The number of ether oxygens (including phenoxy) is 1. The minimum absolute atomic E-state index is 0.164. The maximum Gasteiger partial charge on any atom is 0.573 e. The zero-order valence-electron chi connectivity index (χ0n) is 9.46. The van der Waals surface area contributed by atoms with Gasteiger partial charge in [-0.2, -0.15) is 0 Å². The van der Waals surface area contributed by atoms with Gasteiger partial charge in [0.25, 0.3) is 5.91 Å². The molecule has 0 atom stereocenters. The van der Waals surface area contributed by atoms with Gasteiger partial charge in [0.15, 0.2) is 0 Å². The van der Waals surface area contributed by atoms with Crippen molar-refractivity contribution in [2.45, 2.75) is 19.2 Å². The summed E-state index contributed by atoms with van der Waals surface area (Å²) < 4.78 is 39.8. The summed E-state index contributed by atoms with van der Waals surface area (Å²) in [5.74, 6) is -0.250. The third kappa shape index (κ3) is 3.94. The van der Waals surface area contributed by atoms with Crippen molar-refractivity contribution in [1.82, 2.24) is 5.32 Å². The summed E-state index contributed by atoms with van der Waals surface area (Å²) in [4.78, 5) is 11.6. The summed E-state index contributed by atoms with van der Waals surface area (Å²) >= 11 is 0. The first kappa shape index (κ1) is 12.7. The molecule has 6 heteroatoms. The Bertz CT molecular complexity index is 441. The minimum Gasteiger partial charge on any atom is -0.406 e. The first-order valence-electron chi connectivity index (χ1n) is 5.58. The van der Waals surface area contributed by atoms with Crippen LogP contribution in [0.2, 0.25) is 0 Å². The maximum absolute atomic E-state index is 12.0. The van der Waals surface area contributed by atoms with Crippen molar-refractivity contribution < 1.29 is 22.7 Å². The highest BCUT2D eigenvalue weighted by Crippen LogP contribution is 2.28. The van der Waals surface area contributed by atoms with E-state index in [9.17, 15) is 18.0 Å². The number of carbonyl (C=O) groups excluding carboxylic acids is 1. The third-order valence-corrected chi connectivity index (χ3v) is 2.58. The van der Waals surface area contributed by atoms with Crippen LogP contribution in [0.3, 0.4) is 0 Å². The Hall–Kier alpha value is -1.72. The Morgan fingerprint density at radius 2 is 2.11 bits per heavy atom. The molecule has 0 heterocycles. The fourth-order valence-electron chi connectivity index (χ4n) is 1.50. The molecule has 0 bridgehead atoms. The molecule has 1 aromatic carbocycles. The molecular weight excluding hydrogens is 247 g/mol. The van der Waals surface area contributed by atoms with Crippen LogP contribution < -0.4 is 10.1 Å². The monoisotopic (exact) mass is 259 g/mol. The molecule has 98 valence electrons. The second kappa shape index (κ2) is 4.88. The zero-order valence-corrected chi connectivity index (χ0v) is 9.46. The fraction of sp³-hybridized carbons (Fsp3) is 0.417. The van der Waals surface area contributed by atoms with Crippen molar-refractivity contribution in [1.29, 1.82) is 0 Å². The van der Waals surface area contributed by atoms with Gasteiger partial charge >= 0.3 is 6.36 Å². The van der Waals surface area contributed by atoms with Crippen molar-refractivity contribution in [3.8, 4) is 5.75 Å². The largest absolute Gasteiger partial charge is 0.573 e. The summed E-state index contributed by atoms with van der Waals surface area (Å²) in [7, 11) is 0. The van der Waals surface area contributed by atoms with Crippen LogP contribution in [0.5, 0.6) is 5.75 Å². The van der Waals surface area contributed by atoms with Gasteiger partial charge in [0, 0.05) is 12.1 Å². The molecule has 0 saturated heterocycles. The Morgan fingerprint density at radius 3 is 2.72 bits per heavy atom. The SMILES string of the molecule is O=C(NCC1CC1)c1cccc(OC(F)(F)F)c1. The molecule has 1 amide bonds. The van der Waals surface area contributed by atoms with Crippen LogP contribution in [-0.2, 0) is 0 Å². The molecule has 1 aliphatic carbocycles. The van der Waals surface area contributed by atoms with E-state index in [1.807, 2.05) is 0 Å². The number of rotatable bonds is 4. The molecule has 1 fully saturated rings. The van der Waals surface area contributed by atoms with Gasteiger partial charge in [-0.25, -0.2) is 0 Å². The van der Waals surface area contributed by atoms with Gasteiger partial charge in [0.2, 0.25) is 0 Å². The van der Waals surface area contributed by atoms with E-state index in [0.29, 0.717) is 12.5 Å². The van der Waals surface area contributed by atoms with Gasteiger partial charge in [0.1, 0.15) is 5.75 Å². The molecule has 1 aliphatic rings. The van der Waals surface area contributed by atoms with E-state index in [1.165, 1.54) is 12.1 Å². The van der Waals surface area contributed by atoms with Gasteiger partial charge in [-0.1, -0.05) is 6.07 Å². The number of halogens is 3. The van der Waals surface area contributed by atoms with Crippen molar-refractivity contribution >= 4 is 5.91 Å². The van der Waals surface area contributed by atoms with Gasteiger partial charge in [-0.05, 0) is 37.0 Å². The third-order valence-electron chi connectivity index (χ3n) is 2.58. The number of amides is 1. The predicted molar refractivity (Wildman–Crippen MR) is 58.2 cm³/mol. The van der Waals surface area contributed by atoms with Crippen molar-refractivity contribution in [3.63, 3.8) is 0 Å². The van der Waals surface area contributed by atoms with E-state index in [1.54, 1.807) is 0 Å². The molecule has 0 spiro atoms. The maximum atomic E-state index is 12.0. The molecule has 0 radical (unpaired) electrons. The molecule has 1 aromatic rings. The van der Waals surface area contributed by atoms with Crippen LogP contribution in [0, 0.1) is 5.92 Å².